The minimum atomic E-state index is -1.49. The summed E-state index contributed by atoms with van der Waals surface area (Å²) >= 11 is 11.7. The Morgan fingerprint density at radius 1 is 1.19 bits per heavy atom. The molecule has 5 nitrogen and oxygen atoms in total. The Bertz CT molecular complexity index is 737. The van der Waals surface area contributed by atoms with E-state index in [0.717, 1.165) is 0 Å². The second kappa shape index (κ2) is 6.43. The summed E-state index contributed by atoms with van der Waals surface area (Å²) < 4.78 is 12.3. The van der Waals surface area contributed by atoms with Gasteiger partial charge in [-0.05, 0) is 30.3 Å². The zero-order valence-corrected chi connectivity index (χ0v) is 12.9. The summed E-state index contributed by atoms with van der Waals surface area (Å²) in [5.74, 6) is -0.0306. The molecule has 2 rings (SSSR count). The van der Waals surface area contributed by atoms with Gasteiger partial charge in [-0.25, -0.2) is 0 Å². The van der Waals surface area contributed by atoms with Gasteiger partial charge >= 0.3 is 0 Å². The molecule has 0 fully saturated rings. The lowest BCUT2D eigenvalue weighted by Gasteiger charge is -2.06. The average molecular weight is 345 g/mol. The molecular formula is C13H10Cl2N2O3S. The highest BCUT2D eigenvalue weighted by Gasteiger charge is 2.17. The minimum Gasteiger partial charge on any atom is -0.398 e. The first-order valence-corrected chi connectivity index (χ1v) is 7.82. The maximum atomic E-state index is 12.3. The second-order valence-electron chi connectivity index (χ2n) is 4.20. The number of nitro groups is 1. The van der Waals surface area contributed by atoms with E-state index in [-0.39, 0.29) is 11.4 Å². The molecule has 2 N–H and O–H groups in total. The Labute approximate surface area is 133 Å². The summed E-state index contributed by atoms with van der Waals surface area (Å²) in [4.78, 5) is 10.9. The summed E-state index contributed by atoms with van der Waals surface area (Å²) in [6.45, 7) is 0. The van der Waals surface area contributed by atoms with Gasteiger partial charge in [0.05, 0.1) is 32.2 Å². The number of nitrogens with two attached hydrogens (primary N) is 1. The zero-order valence-electron chi connectivity index (χ0n) is 10.6. The van der Waals surface area contributed by atoms with E-state index in [1.165, 1.54) is 24.3 Å². The number of hydrogen-bond acceptors (Lipinski definition) is 4. The fourth-order valence-electron chi connectivity index (χ4n) is 1.72. The third-order valence-corrected chi connectivity index (χ3v) is 4.67. The maximum absolute atomic E-state index is 12.3. The highest BCUT2D eigenvalue weighted by atomic mass is 35.5. The molecule has 2 aromatic carbocycles. The van der Waals surface area contributed by atoms with Crippen LogP contribution in [0.3, 0.4) is 0 Å². The van der Waals surface area contributed by atoms with Crippen molar-refractivity contribution in [2.75, 3.05) is 5.73 Å². The molecule has 0 aliphatic heterocycles. The molecule has 1 atom stereocenters. The molecule has 0 radical (unpaired) electrons. The molecule has 0 heterocycles. The summed E-state index contributed by atoms with van der Waals surface area (Å²) in [6.07, 6.45) is 0. The van der Waals surface area contributed by atoms with E-state index in [2.05, 4.69) is 0 Å². The summed E-state index contributed by atoms with van der Waals surface area (Å²) in [5.41, 5.74) is 6.16. The molecule has 0 spiro atoms. The van der Waals surface area contributed by atoms with Crippen LogP contribution in [0, 0.1) is 10.1 Å². The SMILES string of the molecule is Nc1ccc(S(=O)Cc2cc(Cl)ccc2[N+](=O)[O-])cc1Cl. The molecule has 0 saturated heterocycles. The van der Waals surface area contributed by atoms with Crippen LogP contribution in [-0.4, -0.2) is 9.13 Å². The van der Waals surface area contributed by atoms with E-state index in [9.17, 15) is 14.3 Å². The predicted molar refractivity (Wildman–Crippen MR) is 84.1 cm³/mol. The molecule has 0 aliphatic rings. The van der Waals surface area contributed by atoms with Crippen molar-refractivity contribution >= 4 is 45.4 Å². The maximum Gasteiger partial charge on any atom is 0.273 e. The Kier molecular flexibility index (Phi) is 4.82. The van der Waals surface area contributed by atoms with Gasteiger partial charge in [0.1, 0.15) is 0 Å². The standard InChI is InChI=1S/C13H10Cl2N2O3S/c14-9-1-4-13(17(18)19)8(5-9)7-21(20)10-2-3-12(16)11(15)6-10/h1-6H,7,16H2. The van der Waals surface area contributed by atoms with Crippen LogP contribution in [0.2, 0.25) is 10.0 Å². The third-order valence-electron chi connectivity index (χ3n) is 2.76. The monoisotopic (exact) mass is 344 g/mol. The molecule has 8 heteroatoms. The van der Waals surface area contributed by atoms with Gasteiger partial charge in [-0.1, -0.05) is 23.2 Å². The molecule has 1 unspecified atom stereocenters. The number of nitrogens with zero attached hydrogens (tertiary/aromatic N) is 1. The molecule has 21 heavy (non-hydrogen) atoms. The van der Waals surface area contributed by atoms with Gasteiger partial charge in [0, 0.05) is 21.5 Å². The van der Waals surface area contributed by atoms with Crippen molar-refractivity contribution in [2.24, 2.45) is 0 Å². The predicted octanol–water partition coefficient (Wildman–Crippen LogP) is 3.79. The largest absolute Gasteiger partial charge is 0.398 e. The zero-order chi connectivity index (χ0) is 15.6. The van der Waals surface area contributed by atoms with E-state index < -0.39 is 15.7 Å². The molecule has 0 saturated carbocycles. The first-order valence-electron chi connectivity index (χ1n) is 5.74. The van der Waals surface area contributed by atoms with Gasteiger partial charge in [0.25, 0.3) is 5.69 Å². The number of anilines is 1. The lowest BCUT2D eigenvalue weighted by atomic mass is 10.2. The molecule has 2 aromatic rings. The summed E-state index contributed by atoms with van der Waals surface area (Å²) in [7, 11) is -1.49. The lowest BCUT2D eigenvalue weighted by Crippen LogP contribution is -2.01. The van der Waals surface area contributed by atoms with E-state index in [4.69, 9.17) is 28.9 Å². The summed E-state index contributed by atoms with van der Waals surface area (Å²) in [6, 6.07) is 8.77. The van der Waals surface area contributed by atoms with Crippen molar-refractivity contribution in [3.05, 3.63) is 62.1 Å². The van der Waals surface area contributed by atoms with Crippen LogP contribution in [0.4, 0.5) is 11.4 Å². The van der Waals surface area contributed by atoms with E-state index in [1.807, 2.05) is 0 Å². The number of rotatable bonds is 4. The number of benzene rings is 2. The molecule has 0 amide bonds. The molecular weight excluding hydrogens is 335 g/mol. The van der Waals surface area contributed by atoms with Gasteiger partial charge in [-0.15, -0.1) is 0 Å². The summed E-state index contributed by atoms with van der Waals surface area (Å²) in [5, 5.41) is 11.6. The van der Waals surface area contributed by atoms with Crippen LogP contribution in [0.1, 0.15) is 5.56 Å². The van der Waals surface area contributed by atoms with E-state index in [1.54, 1.807) is 12.1 Å². The van der Waals surface area contributed by atoms with Gasteiger partial charge in [-0.2, -0.15) is 0 Å². The second-order valence-corrected chi connectivity index (χ2v) is 6.50. The first kappa shape index (κ1) is 15.8. The van der Waals surface area contributed by atoms with E-state index >= 15 is 0 Å². The van der Waals surface area contributed by atoms with Gasteiger partial charge < -0.3 is 5.73 Å². The average Bonchev–Trinajstić information content (AvgIpc) is 2.41. The Morgan fingerprint density at radius 2 is 1.90 bits per heavy atom. The Morgan fingerprint density at radius 3 is 2.52 bits per heavy atom. The Balaban J connectivity index is 2.33. The van der Waals surface area contributed by atoms with Gasteiger partial charge in [-0.3, -0.25) is 14.3 Å². The fraction of sp³-hybridized carbons (Fsp3) is 0.0769. The van der Waals surface area contributed by atoms with Crippen molar-refractivity contribution in [1.82, 2.24) is 0 Å². The van der Waals surface area contributed by atoms with Crippen molar-refractivity contribution in [1.29, 1.82) is 0 Å². The quantitative estimate of drug-likeness (QED) is 0.519. The smallest absolute Gasteiger partial charge is 0.273 e. The van der Waals surface area contributed by atoms with Crippen molar-refractivity contribution in [2.45, 2.75) is 10.6 Å². The number of hydrogen-bond donors (Lipinski definition) is 1. The Hall–Kier alpha value is -1.63. The number of nitro benzene ring substituents is 1. The van der Waals surface area contributed by atoms with Gasteiger partial charge in [0.15, 0.2) is 0 Å². The van der Waals surface area contributed by atoms with Crippen LogP contribution in [0.5, 0.6) is 0 Å². The van der Waals surface area contributed by atoms with Crippen molar-refractivity contribution < 1.29 is 9.13 Å². The minimum absolute atomic E-state index is 0.0306. The van der Waals surface area contributed by atoms with Crippen LogP contribution in [-0.2, 0) is 16.6 Å². The molecule has 110 valence electrons. The topological polar surface area (TPSA) is 86.2 Å². The first-order chi connectivity index (χ1) is 9.88. The van der Waals surface area contributed by atoms with Crippen molar-refractivity contribution in [3.63, 3.8) is 0 Å². The van der Waals surface area contributed by atoms with Crippen LogP contribution < -0.4 is 5.73 Å². The van der Waals surface area contributed by atoms with Gasteiger partial charge in [0.2, 0.25) is 0 Å². The number of nitrogen functional groups attached to an aromatic ring is 1. The fourth-order valence-corrected chi connectivity index (χ4v) is 3.31. The van der Waals surface area contributed by atoms with Crippen molar-refractivity contribution in [3.8, 4) is 0 Å². The normalized spacial score (nSPS) is 12.1. The highest BCUT2D eigenvalue weighted by Crippen LogP contribution is 2.27. The van der Waals surface area contributed by atoms with Crippen LogP contribution in [0.15, 0.2) is 41.3 Å². The van der Waals surface area contributed by atoms with E-state index in [0.29, 0.717) is 26.2 Å². The third kappa shape index (κ3) is 3.72. The van der Waals surface area contributed by atoms with Crippen LogP contribution >= 0.6 is 23.2 Å². The molecule has 0 bridgehead atoms. The number of halogens is 2. The molecule has 0 aromatic heterocycles. The highest BCUT2D eigenvalue weighted by molar-refractivity contribution is 7.84. The molecule has 0 aliphatic carbocycles. The lowest BCUT2D eigenvalue weighted by molar-refractivity contribution is -0.385. The van der Waals surface area contributed by atoms with Crippen LogP contribution in [0.25, 0.3) is 0 Å².